The van der Waals surface area contributed by atoms with Gasteiger partial charge in [0.1, 0.15) is 11.7 Å². The van der Waals surface area contributed by atoms with Crippen LogP contribution >= 0.6 is 0 Å². The molecule has 0 bridgehead atoms. The Morgan fingerprint density at radius 1 is 0.977 bits per heavy atom. The van der Waals surface area contributed by atoms with E-state index in [0.29, 0.717) is 48.6 Å². The maximum absolute atomic E-state index is 14.0. The lowest BCUT2D eigenvalue weighted by molar-refractivity contribution is -0.130. The molecule has 4 aliphatic rings. The summed E-state index contributed by atoms with van der Waals surface area (Å²) in [7, 11) is 1.71. The molecule has 1 saturated heterocycles. The fourth-order valence-electron chi connectivity index (χ4n) is 7.19. The molecule has 10 nitrogen and oxygen atoms in total. The van der Waals surface area contributed by atoms with E-state index in [4.69, 9.17) is 0 Å². The molecule has 230 valence electrons. The Labute approximate surface area is 253 Å². The Balaban J connectivity index is 1.25. The number of anilines is 1. The molecule has 43 heavy (non-hydrogen) atoms. The van der Waals surface area contributed by atoms with Gasteiger partial charge in [0.15, 0.2) is 0 Å². The van der Waals surface area contributed by atoms with Gasteiger partial charge in [-0.2, -0.15) is 5.10 Å². The summed E-state index contributed by atoms with van der Waals surface area (Å²) >= 11 is 0. The molecule has 3 atom stereocenters. The smallest absolute Gasteiger partial charge is 0.270 e. The van der Waals surface area contributed by atoms with Crippen LogP contribution in [0.25, 0.3) is 0 Å². The van der Waals surface area contributed by atoms with Gasteiger partial charge in [-0.15, -0.1) is 0 Å². The van der Waals surface area contributed by atoms with Crippen molar-refractivity contribution < 1.29 is 19.2 Å². The summed E-state index contributed by atoms with van der Waals surface area (Å²) in [5.74, 6) is 0.763. The van der Waals surface area contributed by atoms with Crippen LogP contribution in [0.4, 0.5) is 5.69 Å². The SMILES string of the molecule is CC(=O)N1CCC(C(=O)N[C@H](C)C2CCC2)(c2cccc(NC(=O)[C@@H](NC(=O)c3ccnn3C)C(C3CC3)C3CC3)c2)C1. The van der Waals surface area contributed by atoms with Crippen LogP contribution in [0.1, 0.15) is 81.3 Å². The molecule has 0 spiro atoms. The fourth-order valence-corrected chi connectivity index (χ4v) is 7.19. The second-order valence-corrected chi connectivity index (χ2v) is 13.3. The average molecular weight is 589 g/mol. The van der Waals surface area contributed by atoms with Gasteiger partial charge in [0.25, 0.3) is 5.91 Å². The van der Waals surface area contributed by atoms with Gasteiger partial charge in [0.2, 0.25) is 17.7 Å². The summed E-state index contributed by atoms with van der Waals surface area (Å²) < 4.78 is 1.51. The molecular formula is C33H44N6O4. The van der Waals surface area contributed by atoms with E-state index < -0.39 is 11.5 Å². The van der Waals surface area contributed by atoms with Crippen LogP contribution in [0.5, 0.6) is 0 Å². The summed E-state index contributed by atoms with van der Waals surface area (Å²) in [6, 6.07) is 8.52. The van der Waals surface area contributed by atoms with Crippen molar-refractivity contribution in [2.24, 2.45) is 30.7 Å². The predicted octanol–water partition coefficient (Wildman–Crippen LogP) is 3.39. The molecule has 3 N–H and O–H groups in total. The van der Waals surface area contributed by atoms with E-state index in [1.165, 1.54) is 18.0 Å². The molecule has 1 aromatic carbocycles. The van der Waals surface area contributed by atoms with Gasteiger partial charge in [-0.25, -0.2) is 0 Å². The maximum atomic E-state index is 14.0. The van der Waals surface area contributed by atoms with Crippen LogP contribution in [0, 0.1) is 23.7 Å². The molecular weight excluding hydrogens is 544 g/mol. The summed E-state index contributed by atoms with van der Waals surface area (Å²) in [6.45, 7) is 4.42. The normalized spacial score (nSPS) is 23.4. The number of nitrogens with one attached hydrogen (secondary N) is 3. The van der Waals surface area contributed by atoms with Crippen LogP contribution in [0.3, 0.4) is 0 Å². The van der Waals surface area contributed by atoms with E-state index in [2.05, 4.69) is 28.0 Å². The third-order valence-corrected chi connectivity index (χ3v) is 10.4. The van der Waals surface area contributed by atoms with Gasteiger partial charge in [0, 0.05) is 45.0 Å². The van der Waals surface area contributed by atoms with Crippen LogP contribution in [0.15, 0.2) is 36.5 Å². The van der Waals surface area contributed by atoms with Gasteiger partial charge in [-0.3, -0.25) is 23.9 Å². The molecule has 3 saturated carbocycles. The minimum Gasteiger partial charge on any atom is -0.353 e. The van der Waals surface area contributed by atoms with E-state index in [-0.39, 0.29) is 35.6 Å². The molecule has 1 unspecified atom stereocenters. The van der Waals surface area contributed by atoms with Crippen molar-refractivity contribution in [1.82, 2.24) is 25.3 Å². The molecule has 2 heterocycles. The fraction of sp³-hybridized carbons (Fsp3) is 0.606. The lowest BCUT2D eigenvalue weighted by Crippen LogP contribution is -2.52. The molecule has 0 radical (unpaired) electrons. The largest absolute Gasteiger partial charge is 0.353 e. The number of benzene rings is 1. The van der Waals surface area contributed by atoms with Crippen molar-refractivity contribution in [3.05, 3.63) is 47.8 Å². The van der Waals surface area contributed by atoms with E-state index >= 15 is 0 Å². The second kappa shape index (κ2) is 11.8. The molecule has 6 rings (SSSR count). The lowest BCUT2D eigenvalue weighted by Gasteiger charge is -2.36. The number of carbonyl (C=O) groups excluding carboxylic acids is 4. The number of likely N-dealkylation sites (tertiary alicyclic amines) is 1. The topological polar surface area (TPSA) is 125 Å². The third kappa shape index (κ3) is 6.06. The monoisotopic (exact) mass is 588 g/mol. The van der Waals surface area contributed by atoms with Gasteiger partial charge in [0.05, 0.1) is 5.41 Å². The molecule has 10 heteroatoms. The van der Waals surface area contributed by atoms with E-state index in [1.807, 2.05) is 24.3 Å². The summed E-state index contributed by atoms with van der Waals surface area (Å²) in [5, 5.41) is 13.5. The molecule has 1 aromatic heterocycles. The highest BCUT2D eigenvalue weighted by Gasteiger charge is 2.49. The van der Waals surface area contributed by atoms with Crippen LogP contribution in [-0.4, -0.2) is 63.5 Å². The Hall–Kier alpha value is -3.69. The number of hydrogen-bond donors (Lipinski definition) is 3. The zero-order valence-electron chi connectivity index (χ0n) is 25.5. The highest BCUT2D eigenvalue weighted by atomic mass is 16.2. The number of aromatic nitrogens is 2. The Morgan fingerprint density at radius 3 is 2.26 bits per heavy atom. The van der Waals surface area contributed by atoms with Crippen molar-refractivity contribution in [2.45, 2.75) is 82.7 Å². The first-order chi connectivity index (χ1) is 20.7. The summed E-state index contributed by atoms with van der Waals surface area (Å²) in [5.41, 5.74) is 0.865. The number of rotatable bonds is 11. The van der Waals surface area contributed by atoms with Gasteiger partial charge < -0.3 is 20.9 Å². The second-order valence-electron chi connectivity index (χ2n) is 13.3. The number of amides is 4. The predicted molar refractivity (Wildman–Crippen MR) is 162 cm³/mol. The minimum absolute atomic E-state index is 0.0515. The summed E-state index contributed by atoms with van der Waals surface area (Å²) in [6.07, 6.45) is 9.83. The van der Waals surface area contributed by atoms with Crippen molar-refractivity contribution >= 4 is 29.3 Å². The van der Waals surface area contributed by atoms with E-state index in [1.54, 1.807) is 24.2 Å². The number of hydrogen-bond acceptors (Lipinski definition) is 5. The maximum Gasteiger partial charge on any atom is 0.270 e. The zero-order chi connectivity index (χ0) is 30.3. The van der Waals surface area contributed by atoms with E-state index in [0.717, 1.165) is 44.1 Å². The molecule has 2 aromatic rings. The number of aryl methyl sites for hydroxylation is 1. The number of nitrogens with zero attached hydrogens (tertiary/aromatic N) is 3. The minimum atomic E-state index is -0.901. The first kappa shape index (κ1) is 29.4. The van der Waals surface area contributed by atoms with Crippen molar-refractivity contribution in [1.29, 1.82) is 0 Å². The highest BCUT2D eigenvalue weighted by Crippen LogP contribution is 2.51. The Morgan fingerprint density at radius 2 is 1.70 bits per heavy atom. The van der Waals surface area contributed by atoms with Crippen LogP contribution < -0.4 is 16.0 Å². The van der Waals surface area contributed by atoms with Crippen molar-refractivity contribution in [3.8, 4) is 0 Å². The molecule has 4 fully saturated rings. The lowest BCUT2D eigenvalue weighted by atomic mass is 9.76. The van der Waals surface area contributed by atoms with Crippen molar-refractivity contribution in [2.75, 3.05) is 18.4 Å². The van der Waals surface area contributed by atoms with Gasteiger partial charge >= 0.3 is 0 Å². The number of carbonyl (C=O) groups is 4. The third-order valence-electron chi connectivity index (χ3n) is 10.4. The summed E-state index contributed by atoms with van der Waals surface area (Å²) in [4.78, 5) is 55.3. The quantitative estimate of drug-likeness (QED) is 0.371. The van der Waals surface area contributed by atoms with Crippen molar-refractivity contribution in [3.63, 3.8) is 0 Å². The van der Waals surface area contributed by atoms with Crippen LogP contribution in [0.2, 0.25) is 0 Å². The van der Waals surface area contributed by atoms with Gasteiger partial charge in [-0.05, 0) is 99.3 Å². The average Bonchev–Trinajstić information content (AvgIpc) is 3.87. The molecule has 3 aliphatic carbocycles. The van der Waals surface area contributed by atoms with E-state index in [9.17, 15) is 19.2 Å². The molecule has 4 amide bonds. The van der Waals surface area contributed by atoms with Crippen LogP contribution in [-0.2, 0) is 26.8 Å². The Kier molecular flexibility index (Phi) is 8.04. The first-order valence-electron chi connectivity index (χ1n) is 15.9. The molecule has 1 aliphatic heterocycles. The van der Waals surface area contributed by atoms with Gasteiger partial charge in [-0.1, -0.05) is 18.6 Å². The highest BCUT2D eigenvalue weighted by molar-refractivity contribution is 6.01. The first-order valence-corrected chi connectivity index (χ1v) is 15.9. The standard InChI is InChI=1S/C33H44N6O4/c1-20(22-6-4-7-22)35-32(43)33(15-17-39(19-33)21(2)40)25-8-5-9-26(18-25)36-31(42)29(28(23-10-11-23)24-12-13-24)37-30(41)27-14-16-34-38(27)3/h5,8-9,14,16,18,20,22-24,28-29H,4,6-7,10-13,15,17,19H2,1-3H3,(H,35,43)(H,36,42)(H,37,41)/t20-,29+,33?/m1/s1. The zero-order valence-corrected chi connectivity index (χ0v) is 25.5. The Bertz CT molecular complexity index is 1380.